The molecule has 0 radical (unpaired) electrons. The molecule has 0 spiro atoms. The van der Waals surface area contributed by atoms with Crippen molar-refractivity contribution in [3.63, 3.8) is 0 Å². The van der Waals surface area contributed by atoms with Gasteiger partial charge in [-0.1, -0.05) is 0 Å². The van der Waals surface area contributed by atoms with Crippen molar-refractivity contribution >= 4 is 27.3 Å². The lowest BCUT2D eigenvalue weighted by Crippen LogP contribution is -2.25. The van der Waals surface area contributed by atoms with Crippen LogP contribution in [0.25, 0.3) is 0 Å². The van der Waals surface area contributed by atoms with Gasteiger partial charge in [0.1, 0.15) is 10.6 Å². The quantitative estimate of drug-likeness (QED) is 0.748. The van der Waals surface area contributed by atoms with Crippen LogP contribution in [0.15, 0.2) is 34.0 Å². The first-order valence-electron chi connectivity index (χ1n) is 5.41. The molecule has 2 aromatic rings. The summed E-state index contributed by atoms with van der Waals surface area (Å²) in [6.07, 6.45) is 1.76. The summed E-state index contributed by atoms with van der Waals surface area (Å²) < 4.78 is 26.2. The maximum absolute atomic E-state index is 11.9. The molecule has 0 bridgehead atoms. The van der Waals surface area contributed by atoms with Crippen LogP contribution in [-0.2, 0) is 16.4 Å². The predicted octanol–water partition coefficient (Wildman–Crippen LogP) is 1.30. The molecule has 0 aromatic carbocycles. The van der Waals surface area contributed by atoms with E-state index in [0.29, 0.717) is 6.42 Å². The molecule has 2 heterocycles. The standard InChI is InChI=1S/C11H12N2O4S2/c14-11(15)10-5-9(6-12-10)19(16,17)13-3-1-8-2-4-18-7-8/h2,4-7,12-13H,1,3H2,(H,14,15). The van der Waals surface area contributed by atoms with Gasteiger partial charge < -0.3 is 10.1 Å². The molecule has 0 unspecified atom stereocenters. The number of aromatic amines is 1. The smallest absolute Gasteiger partial charge is 0.352 e. The highest BCUT2D eigenvalue weighted by Gasteiger charge is 2.17. The molecular formula is C11H12N2O4S2. The van der Waals surface area contributed by atoms with E-state index in [4.69, 9.17) is 5.11 Å². The molecule has 2 aromatic heterocycles. The number of hydrogen-bond donors (Lipinski definition) is 3. The van der Waals surface area contributed by atoms with Gasteiger partial charge in [0.2, 0.25) is 10.0 Å². The van der Waals surface area contributed by atoms with E-state index in [1.54, 1.807) is 11.3 Å². The normalized spacial score (nSPS) is 11.6. The van der Waals surface area contributed by atoms with Gasteiger partial charge in [0.15, 0.2) is 0 Å². The molecule has 0 saturated heterocycles. The van der Waals surface area contributed by atoms with E-state index in [0.717, 1.165) is 17.8 Å². The van der Waals surface area contributed by atoms with Crippen LogP contribution in [0, 0.1) is 0 Å². The summed E-state index contributed by atoms with van der Waals surface area (Å²) in [5, 5.41) is 12.6. The third-order valence-electron chi connectivity index (χ3n) is 2.48. The van der Waals surface area contributed by atoms with Crippen LogP contribution in [0.1, 0.15) is 16.1 Å². The third-order valence-corrected chi connectivity index (χ3v) is 4.66. The molecule has 2 rings (SSSR count). The Kier molecular flexibility index (Phi) is 4.03. The fourth-order valence-corrected chi connectivity index (χ4v) is 3.23. The Labute approximate surface area is 114 Å². The minimum atomic E-state index is -3.67. The van der Waals surface area contributed by atoms with Crippen molar-refractivity contribution in [1.82, 2.24) is 9.71 Å². The Morgan fingerprint density at radius 3 is 2.84 bits per heavy atom. The van der Waals surface area contributed by atoms with Crippen molar-refractivity contribution in [3.05, 3.63) is 40.3 Å². The predicted molar refractivity (Wildman–Crippen MR) is 71.0 cm³/mol. The number of thiophene rings is 1. The van der Waals surface area contributed by atoms with E-state index in [1.807, 2.05) is 16.8 Å². The van der Waals surface area contributed by atoms with Crippen LogP contribution in [0.2, 0.25) is 0 Å². The van der Waals surface area contributed by atoms with Gasteiger partial charge in [-0.25, -0.2) is 17.9 Å². The molecule has 0 fully saturated rings. The Bertz CT molecular complexity index is 659. The van der Waals surface area contributed by atoms with Crippen LogP contribution in [0.5, 0.6) is 0 Å². The number of hydrogen-bond acceptors (Lipinski definition) is 4. The van der Waals surface area contributed by atoms with Gasteiger partial charge in [0, 0.05) is 12.7 Å². The summed E-state index contributed by atoms with van der Waals surface area (Å²) in [5.41, 5.74) is 0.909. The SMILES string of the molecule is O=C(O)c1cc(S(=O)(=O)NCCc2ccsc2)c[nH]1. The zero-order valence-electron chi connectivity index (χ0n) is 9.79. The number of rotatable bonds is 6. The van der Waals surface area contributed by atoms with Crippen molar-refractivity contribution in [1.29, 1.82) is 0 Å². The van der Waals surface area contributed by atoms with Crippen LogP contribution in [-0.4, -0.2) is 31.0 Å². The van der Waals surface area contributed by atoms with E-state index in [2.05, 4.69) is 9.71 Å². The second-order valence-electron chi connectivity index (χ2n) is 3.83. The highest BCUT2D eigenvalue weighted by Crippen LogP contribution is 2.11. The molecule has 0 saturated carbocycles. The van der Waals surface area contributed by atoms with E-state index < -0.39 is 16.0 Å². The molecule has 0 aliphatic carbocycles. The Morgan fingerprint density at radius 2 is 2.26 bits per heavy atom. The highest BCUT2D eigenvalue weighted by atomic mass is 32.2. The average Bonchev–Trinajstić information content (AvgIpc) is 2.99. The van der Waals surface area contributed by atoms with Gasteiger partial charge in [0.05, 0.1) is 0 Å². The number of H-pyrrole nitrogens is 1. The zero-order valence-corrected chi connectivity index (χ0v) is 11.4. The summed E-state index contributed by atoms with van der Waals surface area (Å²) in [6, 6.07) is 3.02. The maximum Gasteiger partial charge on any atom is 0.352 e. The molecule has 102 valence electrons. The van der Waals surface area contributed by atoms with E-state index in [-0.39, 0.29) is 17.1 Å². The first-order valence-corrected chi connectivity index (χ1v) is 7.84. The van der Waals surface area contributed by atoms with Crippen molar-refractivity contribution in [3.8, 4) is 0 Å². The lowest BCUT2D eigenvalue weighted by molar-refractivity contribution is 0.0691. The highest BCUT2D eigenvalue weighted by molar-refractivity contribution is 7.89. The van der Waals surface area contributed by atoms with Crippen molar-refractivity contribution in [2.24, 2.45) is 0 Å². The number of aromatic nitrogens is 1. The van der Waals surface area contributed by atoms with Crippen LogP contribution in [0.4, 0.5) is 0 Å². The summed E-state index contributed by atoms with van der Waals surface area (Å²) in [7, 11) is -3.67. The molecule has 19 heavy (non-hydrogen) atoms. The monoisotopic (exact) mass is 300 g/mol. The second-order valence-corrected chi connectivity index (χ2v) is 6.38. The van der Waals surface area contributed by atoms with E-state index in [1.165, 1.54) is 0 Å². The lowest BCUT2D eigenvalue weighted by atomic mass is 10.2. The minimum absolute atomic E-state index is 0.0739. The van der Waals surface area contributed by atoms with Crippen molar-refractivity contribution < 1.29 is 18.3 Å². The number of aromatic carboxylic acids is 1. The molecule has 3 N–H and O–H groups in total. The number of carbonyl (C=O) groups is 1. The third kappa shape index (κ3) is 3.43. The lowest BCUT2D eigenvalue weighted by Gasteiger charge is -2.03. The van der Waals surface area contributed by atoms with Gasteiger partial charge in [-0.15, -0.1) is 0 Å². The Morgan fingerprint density at radius 1 is 1.47 bits per heavy atom. The van der Waals surface area contributed by atoms with Gasteiger partial charge in [-0.2, -0.15) is 11.3 Å². The van der Waals surface area contributed by atoms with Gasteiger partial charge >= 0.3 is 5.97 Å². The molecular weight excluding hydrogens is 288 g/mol. The van der Waals surface area contributed by atoms with Crippen molar-refractivity contribution in [2.75, 3.05) is 6.54 Å². The minimum Gasteiger partial charge on any atom is -0.477 e. The van der Waals surface area contributed by atoms with Crippen LogP contribution in [0.3, 0.4) is 0 Å². The summed E-state index contributed by atoms with van der Waals surface area (Å²) in [6.45, 7) is 0.270. The molecule has 0 aliphatic rings. The van der Waals surface area contributed by atoms with E-state index in [9.17, 15) is 13.2 Å². The second kappa shape index (κ2) is 5.55. The molecule has 0 amide bonds. The Hall–Kier alpha value is -1.64. The fraction of sp³-hybridized carbons (Fsp3) is 0.182. The Balaban J connectivity index is 1.99. The largest absolute Gasteiger partial charge is 0.477 e. The molecule has 0 atom stereocenters. The maximum atomic E-state index is 11.9. The van der Waals surface area contributed by atoms with Gasteiger partial charge in [-0.3, -0.25) is 0 Å². The summed E-state index contributed by atoms with van der Waals surface area (Å²) in [5.74, 6) is -1.19. The van der Waals surface area contributed by atoms with Crippen LogP contribution >= 0.6 is 11.3 Å². The first kappa shape index (κ1) is 13.8. The topological polar surface area (TPSA) is 99.3 Å². The number of carboxylic acid groups (broad SMARTS) is 1. The summed E-state index contributed by atoms with van der Waals surface area (Å²) >= 11 is 1.55. The van der Waals surface area contributed by atoms with Gasteiger partial charge in [-0.05, 0) is 34.9 Å². The molecule has 8 heteroatoms. The number of carboxylic acids is 1. The molecule has 0 aliphatic heterocycles. The first-order chi connectivity index (χ1) is 8.99. The van der Waals surface area contributed by atoms with Crippen LogP contribution < -0.4 is 4.72 Å². The van der Waals surface area contributed by atoms with E-state index >= 15 is 0 Å². The number of nitrogens with one attached hydrogen (secondary N) is 2. The summed E-state index contributed by atoms with van der Waals surface area (Å²) in [4.78, 5) is 13.0. The van der Waals surface area contributed by atoms with Crippen molar-refractivity contribution in [2.45, 2.75) is 11.3 Å². The van der Waals surface area contributed by atoms with Gasteiger partial charge in [0.25, 0.3) is 0 Å². The number of sulfonamides is 1. The average molecular weight is 300 g/mol. The molecule has 6 nitrogen and oxygen atoms in total. The zero-order chi connectivity index (χ0) is 13.9. The fourth-order valence-electron chi connectivity index (χ4n) is 1.50.